The van der Waals surface area contributed by atoms with Crippen LogP contribution in [0.15, 0.2) is 24.3 Å². The van der Waals surface area contributed by atoms with E-state index in [1.807, 2.05) is 43.3 Å². The maximum Gasteiger partial charge on any atom is 0.453 e. The highest BCUT2D eigenvalue weighted by molar-refractivity contribution is 5.76. The predicted molar refractivity (Wildman–Crippen MR) is 116 cm³/mol. The number of hydrogen-bond donors (Lipinski definition) is 1. The third-order valence-electron chi connectivity index (χ3n) is 5.50. The summed E-state index contributed by atoms with van der Waals surface area (Å²) in [6.45, 7) is 3.73. The normalized spacial score (nSPS) is 12.9. The van der Waals surface area contributed by atoms with Gasteiger partial charge in [0.25, 0.3) is 11.6 Å². The number of likely N-dealkylation sites (N-methyl/N-ethyl adjacent to an activating group) is 1. The number of benzene rings is 1. The van der Waals surface area contributed by atoms with Crippen LogP contribution in [-0.2, 0) is 17.4 Å². The van der Waals surface area contributed by atoms with Gasteiger partial charge in [-0.1, -0.05) is 12.1 Å². The van der Waals surface area contributed by atoms with Crippen LogP contribution in [0.3, 0.4) is 0 Å². The van der Waals surface area contributed by atoms with Crippen molar-refractivity contribution in [1.82, 2.24) is 29.8 Å². The number of ether oxygens (including phenoxy) is 1. The number of rotatable bonds is 8. The number of methoxy groups -OCH3 is 1. The number of carbonyl (C=O) groups is 1. The molecule has 11 heteroatoms. The van der Waals surface area contributed by atoms with Crippen molar-refractivity contribution >= 4 is 11.7 Å². The van der Waals surface area contributed by atoms with Crippen molar-refractivity contribution in [2.45, 2.75) is 38.9 Å². The number of halogens is 3. The summed E-state index contributed by atoms with van der Waals surface area (Å²) in [5, 5.41) is 6.49. The molecule has 1 amide bonds. The quantitative estimate of drug-likeness (QED) is 0.552. The number of alkyl halides is 3. The van der Waals surface area contributed by atoms with Crippen molar-refractivity contribution in [2.24, 2.45) is 0 Å². The summed E-state index contributed by atoms with van der Waals surface area (Å²) in [5.41, 5.74) is 2.69. The Hall–Kier alpha value is -3.21. The molecule has 0 saturated heterocycles. The van der Waals surface area contributed by atoms with Crippen molar-refractivity contribution in [3.63, 3.8) is 0 Å². The van der Waals surface area contributed by atoms with E-state index in [2.05, 4.69) is 20.4 Å². The first kappa shape index (κ1) is 24.4. The van der Waals surface area contributed by atoms with Gasteiger partial charge in [-0.2, -0.15) is 18.2 Å². The monoisotopic (exact) mass is 464 g/mol. The standard InChI is InChI=1S/C22H27F3N6O2/c1-13-17(14(2)31-21(27-13)28-20(29-31)22(23,24)25)9-10-19(32)26-12-18(30(3)4)15-7-6-8-16(11-15)33-5/h6-8,11,18H,9-10,12H2,1-5H3,(H,26,32). The van der Waals surface area contributed by atoms with Crippen molar-refractivity contribution < 1.29 is 22.7 Å². The number of hydrogen-bond acceptors (Lipinski definition) is 6. The molecule has 1 aromatic carbocycles. The topological polar surface area (TPSA) is 84.6 Å². The zero-order valence-corrected chi connectivity index (χ0v) is 19.2. The minimum atomic E-state index is -4.65. The highest BCUT2D eigenvalue weighted by Crippen LogP contribution is 2.27. The molecule has 1 unspecified atom stereocenters. The van der Waals surface area contributed by atoms with Crippen molar-refractivity contribution in [3.05, 3.63) is 52.6 Å². The number of fused-ring (bicyclic) bond motifs is 1. The van der Waals surface area contributed by atoms with Crippen LogP contribution >= 0.6 is 0 Å². The predicted octanol–water partition coefficient (Wildman–Crippen LogP) is 3.12. The second-order valence-electron chi connectivity index (χ2n) is 7.97. The van der Waals surface area contributed by atoms with Crippen LogP contribution in [0, 0.1) is 13.8 Å². The number of carbonyl (C=O) groups excluding carboxylic acids is 1. The van der Waals surface area contributed by atoms with Gasteiger partial charge in [-0.25, -0.2) is 9.50 Å². The number of nitrogens with zero attached hydrogens (tertiary/aromatic N) is 5. The SMILES string of the molecule is COc1cccc(C(CNC(=O)CCc2c(C)nc3nc(C(F)(F)F)nn3c2C)N(C)C)c1. The first-order chi connectivity index (χ1) is 15.5. The fraction of sp³-hybridized carbons (Fsp3) is 0.455. The van der Waals surface area contributed by atoms with Crippen molar-refractivity contribution in [2.75, 3.05) is 27.7 Å². The molecule has 0 bridgehead atoms. The Bertz CT molecular complexity index is 1140. The fourth-order valence-corrected chi connectivity index (χ4v) is 3.68. The van der Waals surface area contributed by atoms with Crippen LogP contribution < -0.4 is 10.1 Å². The summed E-state index contributed by atoms with van der Waals surface area (Å²) in [6.07, 6.45) is -4.17. The molecule has 0 aliphatic carbocycles. The molecule has 33 heavy (non-hydrogen) atoms. The van der Waals surface area contributed by atoms with Gasteiger partial charge in [-0.3, -0.25) is 4.79 Å². The molecule has 0 spiro atoms. The van der Waals surface area contributed by atoms with Crippen LogP contribution in [0.5, 0.6) is 5.75 Å². The lowest BCUT2D eigenvalue weighted by atomic mass is 10.0. The number of amides is 1. The third-order valence-corrected chi connectivity index (χ3v) is 5.50. The zero-order chi connectivity index (χ0) is 24.3. The van der Waals surface area contributed by atoms with E-state index in [9.17, 15) is 18.0 Å². The molecule has 0 radical (unpaired) electrons. The fourth-order valence-electron chi connectivity index (χ4n) is 3.68. The van der Waals surface area contributed by atoms with Crippen molar-refractivity contribution in [3.8, 4) is 5.75 Å². The molecule has 0 aliphatic rings. The second kappa shape index (κ2) is 9.74. The molecule has 0 aliphatic heterocycles. The molecule has 1 atom stereocenters. The van der Waals surface area contributed by atoms with Gasteiger partial charge >= 0.3 is 6.18 Å². The van der Waals surface area contributed by atoms with E-state index >= 15 is 0 Å². The van der Waals surface area contributed by atoms with Gasteiger partial charge in [0.15, 0.2) is 0 Å². The molecule has 0 fully saturated rings. The summed E-state index contributed by atoms with van der Waals surface area (Å²) in [5.74, 6) is -0.781. The van der Waals surface area contributed by atoms with Crippen LogP contribution in [-0.4, -0.2) is 58.1 Å². The molecule has 2 heterocycles. The smallest absolute Gasteiger partial charge is 0.453 e. The molecule has 1 N–H and O–H groups in total. The summed E-state index contributed by atoms with van der Waals surface area (Å²) in [7, 11) is 5.46. The van der Waals surface area contributed by atoms with Crippen LogP contribution in [0.4, 0.5) is 13.2 Å². The van der Waals surface area contributed by atoms with Gasteiger partial charge in [0.2, 0.25) is 5.91 Å². The number of aromatic nitrogens is 4. The Balaban J connectivity index is 1.68. The minimum Gasteiger partial charge on any atom is -0.497 e. The van der Waals surface area contributed by atoms with E-state index in [1.54, 1.807) is 21.0 Å². The van der Waals surface area contributed by atoms with Crippen LogP contribution in [0.1, 0.15) is 40.8 Å². The highest BCUT2D eigenvalue weighted by atomic mass is 19.4. The average Bonchev–Trinajstić information content (AvgIpc) is 3.18. The Morgan fingerprint density at radius 1 is 1.24 bits per heavy atom. The van der Waals surface area contributed by atoms with Gasteiger partial charge in [0.1, 0.15) is 5.75 Å². The van der Waals surface area contributed by atoms with Crippen molar-refractivity contribution in [1.29, 1.82) is 0 Å². The molecule has 3 aromatic rings. The van der Waals surface area contributed by atoms with E-state index in [0.29, 0.717) is 29.9 Å². The second-order valence-corrected chi connectivity index (χ2v) is 7.97. The number of aryl methyl sites for hydroxylation is 2. The maximum absolute atomic E-state index is 13.0. The molecule has 2 aromatic heterocycles. The summed E-state index contributed by atoms with van der Waals surface area (Å²) < 4.78 is 45.2. The van der Waals surface area contributed by atoms with Gasteiger partial charge in [-0.05, 0) is 57.6 Å². The maximum atomic E-state index is 13.0. The molecular weight excluding hydrogens is 437 g/mol. The van der Waals surface area contributed by atoms with Gasteiger partial charge in [-0.15, -0.1) is 5.10 Å². The molecule has 3 rings (SSSR count). The Kier molecular flexibility index (Phi) is 7.21. The number of nitrogens with one attached hydrogen (secondary N) is 1. The van der Waals surface area contributed by atoms with E-state index < -0.39 is 12.0 Å². The Morgan fingerprint density at radius 3 is 2.61 bits per heavy atom. The summed E-state index contributed by atoms with van der Waals surface area (Å²) in [6, 6.07) is 7.60. The molecule has 178 valence electrons. The van der Waals surface area contributed by atoms with E-state index in [-0.39, 0.29) is 24.1 Å². The Morgan fingerprint density at radius 2 is 1.97 bits per heavy atom. The lowest BCUT2D eigenvalue weighted by Crippen LogP contribution is -2.34. The molecular formula is C22H27F3N6O2. The van der Waals surface area contributed by atoms with Gasteiger partial charge in [0.05, 0.1) is 13.2 Å². The van der Waals surface area contributed by atoms with Crippen LogP contribution in [0.25, 0.3) is 5.78 Å². The largest absolute Gasteiger partial charge is 0.497 e. The lowest BCUT2D eigenvalue weighted by Gasteiger charge is -2.25. The van der Waals surface area contributed by atoms with Gasteiger partial charge < -0.3 is 15.0 Å². The average molecular weight is 464 g/mol. The minimum absolute atomic E-state index is 0.0542. The van der Waals surface area contributed by atoms with E-state index in [0.717, 1.165) is 15.8 Å². The summed E-state index contributed by atoms with van der Waals surface area (Å²) in [4.78, 5) is 22.2. The zero-order valence-electron chi connectivity index (χ0n) is 19.2. The highest BCUT2D eigenvalue weighted by Gasteiger charge is 2.37. The molecule has 0 saturated carbocycles. The van der Waals surface area contributed by atoms with E-state index in [1.165, 1.54) is 0 Å². The summed E-state index contributed by atoms with van der Waals surface area (Å²) >= 11 is 0. The first-order valence-corrected chi connectivity index (χ1v) is 10.4. The molecule has 8 nitrogen and oxygen atoms in total. The van der Waals surface area contributed by atoms with Crippen LogP contribution in [0.2, 0.25) is 0 Å². The third kappa shape index (κ3) is 5.59. The van der Waals surface area contributed by atoms with Gasteiger partial charge in [0, 0.05) is 24.4 Å². The Labute approximate surface area is 189 Å². The first-order valence-electron chi connectivity index (χ1n) is 10.4. The lowest BCUT2D eigenvalue weighted by molar-refractivity contribution is -0.144. The van der Waals surface area contributed by atoms with E-state index in [4.69, 9.17) is 4.74 Å².